The number of hydrogen-bond acceptors (Lipinski definition) is 3. The van der Waals surface area contributed by atoms with Crippen molar-refractivity contribution in [3.05, 3.63) is 29.6 Å². The molecule has 2 N–H and O–H groups in total. The minimum Gasteiger partial charge on any atom is -0.330 e. The molecule has 0 aromatic carbocycles. The van der Waals surface area contributed by atoms with Crippen LogP contribution < -0.4 is 5.73 Å². The standard InChI is InChI=1S/C17H31N3/c1-4-7-16(11-12-18)9-6-13-20(3)14-17-10-5-8-15(2)19-17/h5,8,10,16H,4,6-7,9,11-14,18H2,1-3H3. The molecule has 0 fully saturated rings. The van der Waals surface area contributed by atoms with Gasteiger partial charge in [-0.25, -0.2) is 0 Å². The molecule has 0 saturated heterocycles. The van der Waals surface area contributed by atoms with E-state index in [1.165, 1.54) is 37.8 Å². The zero-order valence-electron chi connectivity index (χ0n) is 13.4. The predicted octanol–water partition coefficient (Wildman–Crippen LogP) is 3.37. The molecule has 1 rings (SSSR count). The SMILES string of the molecule is CCCC(CCN)CCCN(C)Cc1cccc(C)n1. The van der Waals surface area contributed by atoms with Gasteiger partial charge in [0.05, 0.1) is 5.69 Å². The first-order chi connectivity index (χ1) is 9.65. The highest BCUT2D eigenvalue weighted by molar-refractivity contribution is 5.09. The van der Waals surface area contributed by atoms with Gasteiger partial charge in [-0.3, -0.25) is 4.98 Å². The van der Waals surface area contributed by atoms with E-state index in [0.717, 1.165) is 31.2 Å². The van der Waals surface area contributed by atoms with Crippen LogP contribution >= 0.6 is 0 Å². The Kier molecular flexibility index (Phi) is 8.47. The van der Waals surface area contributed by atoms with E-state index in [2.05, 4.69) is 36.0 Å². The van der Waals surface area contributed by atoms with Crippen LogP contribution in [0.25, 0.3) is 0 Å². The Bertz CT molecular complexity index is 359. The number of nitrogens with zero attached hydrogens (tertiary/aromatic N) is 2. The van der Waals surface area contributed by atoms with Crippen molar-refractivity contribution in [2.24, 2.45) is 11.7 Å². The van der Waals surface area contributed by atoms with Crippen molar-refractivity contribution >= 4 is 0 Å². The Labute approximate surface area is 124 Å². The van der Waals surface area contributed by atoms with Gasteiger partial charge < -0.3 is 10.6 Å². The summed E-state index contributed by atoms with van der Waals surface area (Å²) in [5.74, 6) is 0.815. The van der Waals surface area contributed by atoms with Crippen LogP contribution in [0.15, 0.2) is 18.2 Å². The zero-order chi connectivity index (χ0) is 14.8. The third-order valence-electron chi connectivity index (χ3n) is 3.80. The van der Waals surface area contributed by atoms with Gasteiger partial charge in [-0.1, -0.05) is 25.8 Å². The van der Waals surface area contributed by atoms with E-state index in [1.54, 1.807) is 0 Å². The molecule has 0 amide bonds. The van der Waals surface area contributed by atoms with Crippen molar-refractivity contribution in [1.29, 1.82) is 0 Å². The summed E-state index contributed by atoms with van der Waals surface area (Å²) in [4.78, 5) is 6.93. The molecular weight excluding hydrogens is 246 g/mol. The first kappa shape index (κ1) is 17.1. The zero-order valence-corrected chi connectivity index (χ0v) is 13.4. The molecule has 0 aliphatic carbocycles. The Morgan fingerprint density at radius 2 is 2.05 bits per heavy atom. The van der Waals surface area contributed by atoms with Gasteiger partial charge in [-0.2, -0.15) is 0 Å². The van der Waals surface area contributed by atoms with E-state index in [9.17, 15) is 0 Å². The van der Waals surface area contributed by atoms with Crippen molar-refractivity contribution in [1.82, 2.24) is 9.88 Å². The van der Waals surface area contributed by atoms with Crippen molar-refractivity contribution in [2.45, 2.75) is 52.5 Å². The smallest absolute Gasteiger partial charge is 0.0547 e. The summed E-state index contributed by atoms with van der Waals surface area (Å²) in [6.07, 6.45) is 6.33. The molecule has 20 heavy (non-hydrogen) atoms. The van der Waals surface area contributed by atoms with Gasteiger partial charge in [0.1, 0.15) is 0 Å². The first-order valence-electron chi connectivity index (χ1n) is 7.96. The van der Waals surface area contributed by atoms with E-state index >= 15 is 0 Å². The van der Waals surface area contributed by atoms with Gasteiger partial charge in [0.25, 0.3) is 0 Å². The van der Waals surface area contributed by atoms with Crippen LogP contribution in [0.3, 0.4) is 0 Å². The molecule has 0 saturated carbocycles. The molecule has 0 aliphatic heterocycles. The average molecular weight is 277 g/mol. The Balaban J connectivity index is 2.26. The van der Waals surface area contributed by atoms with Crippen LogP contribution in [0.4, 0.5) is 0 Å². The largest absolute Gasteiger partial charge is 0.330 e. The van der Waals surface area contributed by atoms with Crippen molar-refractivity contribution in [3.63, 3.8) is 0 Å². The number of pyridine rings is 1. The summed E-state index contributed by atoms with van der Waals surface area (Å²) < 4.78 is 0. The summed E-state index contributed by atoms with van der Waals surface area (Å²) >= 11 is 0. The molecule has 3 nitrogen and oxygen atoms in total. The minimum atomic E-state index is 0.815. The summed E-state index contributed by atoms with van der Waals surface area (Å²) in [6, 6.07) is 6.24. The van der Waals surface area contributed by atoms with E-state index in [4.69, 9.17) is 5.73 Å². The highest BCUT2D eigenvalue weighted by Crippen LogP contribution is 2.17. The lowest BCUT2D eigenvalue weighted by Crippen LogP contribution is -2.21. The normalized spacial score (nSPS) is 12.8. The van der Waals surface area contributed by atoms with E-state index in [-0.39, 0.29) is 0 Å². The molecule has 1 unspecified atom stereocenters. The van der Waals surface area contributed by atoms with Crippen LogP contribution in [0.5, 0.6) is 0 Å². The van der Waals surface area contributed by atoms with E-state index in [1.807, 2.05) is 13.0 Å². The Morgan fingerprint density at radius 3 is 2.70 bits per heavy atom. The molecule has 0 aliphatic rings. The maximum Gasteiger partial charge on any atom is 0.0547 e. The fourth-order valence-electron chi connectivity index (χ4n) is 2.77. The number of nitrogens with two attached hydrogens (primary N) is 1. The van der Waals surface area contributed by atoms with Gasteiger partial charge in [0.2, 0.25) is 0 Å². The van der Waals surface area contributed by atoms with E-state index < -0.39 is 0 Å². The molecule has 114 valence electrons. The summed E-state index contributed by atoms with van der Waals surface area (Å²) in [5.41, 5.74) is 7.95. The fourth-order valence-corrected chi connectivity index (χ4v) is 2.77. The van der Waals surface area contributed by atoms with Gasteiger partial charge in [0, 0.05) is 12.2 Å². The van der Waals surface area contributed by atoms with Crippen LogP contribution in [0.2, 0.25) is 0 Å². The Morgan fingerprint density at radius 1 is 1.25 bits per heavy atom. The maximum absolute atomic E-state index is 5.69. The Hall–Kier alpha value is -0.930. The summed E-state index contributed by atoms with van der Waals surface area (Å²) in [6.45, 7) is 7.22. The van der Waals surface area contributed by atoms with Gasteiger partial charge in [-0.05, 0) is 64.4 Å². The van der Waals surface area contributed by atoms with Gasteiger partial charge >= 0.3 is 0 Å². The maximum atomic E-state index is 5.69. The number of aromatic nitrogens is 1. The quantitative estimate of drug-likeness (QED) is 0.713. The van der Waals surface area contributed by atoms with Crippen molar-refractivity contribution in [3.8, 4) is 0 Å². The lowest BCUT2D eigenvalue weighted by Gasteiger charge is -2.19. The summed E-state index contributed by atoms with van der Waals surface area (Å²) in [5, 5.41) is 0. The second-order valence-electron chi connectivity index (χ2n) is 5.88. The number of aryl methyl sites for hydroxylation is 1. The van der Waals surface area contributed by atoms with Crippen LogP contribution in [0.1, 0.15) is 50.4 Å². The lowest BCUT2D eigenvalue weighted by atomic mass is 9.94. The van der Waals surface area contributed by atoms with Crippen molar-refractivity contribution < 1.29 is 0 Å². The third-order valence-corrected chi connectivity index (χ3v) is 3.80. The lowest BCUT2D eigenvalue weighted by molar-refractivity contribution is 0.295. The average Bonchev–Trinajstić information content (AvgIpc) is 2.39. The van der Waals surface area contributed by atoms with Gasteiger partial charge in [-0.15, -0.1) is 0 Å². The highest BCUT2D eigenvalue weighted by Gasteiger charge is 2.08. The fraction of sp³-hybridized carbons (Fsp3) is 0.706. The first-order valence-corrected chi connectivity index (χ1v) is 7.96. The molecule has 3 heteroatoms. The van der Waals surface area contributed by atoms with Gasteiger partial charge in [0.15, 0.2) is 0 Å². The highest BCUT2D eigenvalue weighted by atomic mass is 15.1. The molecule has 0 bridgehead atoms. The molecule has 1 aromatic rings. The molecule has 0 radical (unpaired) electrons. The van der Waals surface area contributed by atoms with Crippen molar-refractivity contribution in [2.75, 3.05) is 20.1 Å². The molecule has 1 aromatic heterocycles. The third kappa shape index (κ3) is 7.01. The topological polar surface area (TPSA) is 42.1 Å². The predicted molar refractivity (Wildman–Crippen MR) is 86.6 cm³/mol. The minimum absolute atomic E-state index is 0.815. The van der Waals surface area contributed by atoms with Crippen LogP contribution in [-0.2, 0) is 6.54 Å². The molecule has 1 heterocycles. The summed E-state index contributed by atoms with van der Waals surface area (Å²) in [7, 11) is 2.18. The second-order valence-corrected chi connectivity index (χ2v) is 5.88. The van der Waals surface area contributed by atoms with E-state index in [0.29, 0.717) is 0 Å². The monoisotopic (exact) mass is 277 g/mol. The van der Waals surface area contributed by atoms with Crippen LogP contribution in [0, 0.1) is 12.8 Å². The molecule has 1 atom stereocenters. The molecule has 0 spiro atoms. The number of hydrogen-bond donors (Lipinski definition) is 1. The van der Waals surface area contributed by atoms with Crippen LogP contribution in [-0.4, -0.2) is 30.0 Å². The number of rotatable bonds is 10. The second kappa shape index (κ2) is 9.89. The molecular formula is C17H31N3.